The van der Waals surface area contributed by atoms with Crippen molar-refractivity contribution in [3.05, 3.63) is 59.2 Å². The van der Waals surface area contributed by atoms with Gasteiger partial charge in [0, 0.05) is 0 Å². The molecule has 0 aliphatic heterocycles. The molecule has 22 heavy (non-hydrogen) atoms. The van der Waals surface area contributed by atoms with Crippen LogP contribution in [0.4, 0.5) is 5.69 Å². The molecule has 0 aromatic heterocycles. The van der Waals surface area contributed by atoms with Gasteiger partial charge in [-0.05, 0) is 24.3 Å². The van der Waals surface area contributed by atoms with Crippen LogP contribution in [0.2, 0.25) is 0 Å². The summed E-state index contributed by atoms with van der Waals surface area (Å²) < 4.78 is 5.06. The van der Waals surface area contributed by atoms with E-state index in [0.29, 0.717) is 0 Å². The Bertz CT molecular complexity index is 754. The number of carboxylic acids is 2. The van der Waals surface area contributed by atoms with Crippen molar-refractivity contribution in [1.82, 2.24) is 0 Å². The summed E-state index contributed by atoms with van der Waals surface area (Å²) in [6.07, 6.45) is 0. The number of carboxylic acid groups (broad SMARTS) is 2. The Morgan fingerprint density at radius 3 is 2.00 bits per heavy atom. The van der Waals surface area contributed by atoms with E-state index in [4.69, 9.17) is 20.7 Å². The van der Waals surface area contributed by atoms with Gasteiger partial charge in [-0.1, -0.05) is 18.2 Å². The van der Waals surface area contributed by atoms with Crippen molar-refractivity contribution in [2.24, 2.45) is 0 Å². The van der Waals surface area contributed by atoms with E-state index in [0.717, 1.165) is 12.1 Å². The number of hydrogen-bond acceptors (Lipinski definition) is 5. The van der Waals surface area contributed by atoms with Gasteiger partial charge in [-0.25, -0.2) is 14.4 Å². The quantitative estimate of drug-likeness (QED) is 0.447. The first-order chi connectivity index (χ1) is 10.4. The summed E-state index contributed by atoms with van der Waals surface area (Å²) >= 11 is 0. The highest BCUT2D eigenvalue weighted by Crippen LogP contribution is 2.24. The molecule has 0 unspecified atom stereocenters. The molecule has 0 spiro atoms. The van der Waals surface area contributed by atoms with Crippen molar-refractivity contribution in [2.45, 2.75) is 0 Å². The fourth-order valence-electron chi connectivity index (χ4n) is 1.86. The number of carbonyl (C=O) groups is 3. The molecule has 2 aromatic carbocycles. The lowest BCUT2D eigenvalue weighted by atomic mass is 10.0. The second-order valence-electron chi connectivity index (χ2n) is 4.26. The second kappa shape index (κ2) is 5.96. The number of hydrogen-bond donors (Lipinski definition) is 3. The molecule has 0 saturated heterocycles. The zero-order valence-corrected chi connectivity index (χ0v) is 11.1. The molecule has 0 heterocycles. The van der Waals surface area contributed by atoms with Crippen LogP contribution >= 0.6 is 0 Å². The molecule has 0 bridgehead atoms. The van der Waals surface area contributed by atoms with Crippen LogP contribution in [0.25, 0.3) is 0 Å². The maximum atomic E-state index is 12.0. The van der Waals surface area contributed by atoms with Crippen molar-refractivity contribution in [3.8, 4) is 5.75 Å². The minimum Gasteiger partial charge on any atom is -0.478 e. The summed E-state index contributed by atoms with van der Waals surface area (Å²) in [5.74, 6) is -3.61. The number of nitrogen functional groups attached to an aromatic ring is 1. The number of rotatable bonds is 4. The van der Waals surface area contributed by atoms with E-state index >= 15 is 0 Å². The number of carbonyl (C=O) groups excluding carboxylic acids is 1. The second-order valence-corrected chi connectivity index (χ2v) is 4.26. The Balaban J connectivity index is 2.44. The highest BCUT2D eigenvalue weighted by atomic mass is 16.5. The van der Waals surface area contributed by atoms with E-state index in [1.165, 1.54) is 12.1 Å². The number of aromatic carboxylic acids is 2. The number of para-hydroxylation sites is 1. The molecule has 0 aliphatic rings. The standard InChI is InChI=1S/C15H11NO6/c16-12-10(15(21)22-8-4-2-1-3-5-8)7-6-9(13(17)18)11(12)14(19)20/h1-7H,16H2,(H,17,18)(H,19,20). The fraction of sp³-hybridized carbons (Fsp3) is 0. The van der Waals surface area contributed by atoms with Gasteiger partial charge in [0.25, 0.3) is 0 Å². The van der Waals surface area contributed by atoms with E-state index in [9.17, 15) is 14.4 Å². The first-order valence-electron chi connectivity index (χ1n) is 6.08. The average molecular weight is 301 g/mol. The molecule has 0 amide bonds. The molecule has 2 aromatic rings. The molecule has 0 saturated carbocycles. The van der Waals surface area contributed by atoms with Gasteiger partial charge in [0.05, 0.1) is 22.4 Å². The Hall–Kier alpha value is -3.35. The Morgan fingerprint density at radius 1 is 0.864 bits per heavy atom. The Labute approximate surface area is 124 Å². The SMILES string of the molecule is Nc1c(C(=O)Oc2ccccc2)ccc(C(=O)O)c1C(=O)O. The molecule has 0 fully saturated rings. The van der Waals surface area contributed by atoms with E-state index in [1.807, 2.05) is 0 Å². The molecule has 0 radical (unpaired) electrons. The number of anilines is 1. The van der Waals surface area contributed by atoms with E-state index in [2.05, 4.69) is 0 Å². The lowest BCUT2D eigenvalue weighted by molar-refractivity contribution is 0.0651. The molecular formula is C15H11NO6. The van der Waals surface area contributed by atoms with Gasteiger partial charge in [-0.3, -0.25) is 0 Å². The third kappa shape index (κ3) is 2.88. The van der Waals surface area contributed by atoms with Gasteiger partial charge >= 0.3 is 17.9 Å². The third-order valence-corrected chi connectivity index (χ3v) is 2.86. The molecule has 0 aliphatic carbocycles. The zero-order valence-electron chi connectivity index (χ0n) is 11.1. The summed E-state index contributed by atoms with van der Waals surface area (Å²) in [7, 11) is 0. The predicted octanol–water partition coefficient (Wildman–Crippen LogP) is 1.88. The lowest BCUT2D eigenvalue weighted by Gasteiger charge is -2.10. The fourth-order valence-corrected chi connectivity index (χ4v) is 1.86. The molecule has 7 nitrogen and oxygen atoms in total. The minimum atomic E-state index is -1.54. The summed E-state index contributed by atoms with van der Waals surface area (Å²) in [5, 5.41) is 18.1. The van der Waals surface area contributed by atoms with Crippen LogP contribution in [-0.4, -0.2) is 28.1 Å². The number of nitrogens with two attached hydrogens (primary N) is 1. The summed E-state index contributed by atoms with van der Waals surface area (Å²) in [5.41, 5.74) is 3.82. The Kier molecular flexibility index (Phi) is 4.08. The lowest BCUT2D eigenvalue weighted by Crippen LogP contribution is -2.17. The van der Waals surface area contributed by atoms with Crippen molar-refractivity contribution in [2.75, 3.05) is 5.73 Å². The van der Waals surface area contributed by atoms with E-state index < -0.39 is 34.7 Å². The van der Waals surface area contributed by atoms with Crippen LogP contribution in [-0.2, 0) is 0 Å². The van der Waals surface area contributed by atoms with E-state index in [1.54, 1.807) is 18.2 Å². The highest BCUT2D eigenvalue weighted by Gasteiger charge is 2.24. The summed E-state index contributed by atoms with van der Waals surface area (Å²) in [6, 6.07) is 10.2. The number of esters is 1. The summed E-state index contributed by atoms with van der Waals surface area (Å²) in [6.45, 7) is 0. The van der Waals surface area contributed by atoms with Crippen molar-refractivity contribution < 1.29 is 29.3 Å². The van der Waals surface area contributed by atoms with Crippen LogP contribution in [0.15, 0.2) is 42.5 Å². The molecule has 7 heteroatoms. The summed E-state index contributed by atoms with van der Waals surface area (Å²) in [4.78, 5) is 34.2. The molecule has 2 rings (SSSR count). The molecule has 4 N–H and O–H groups in total. The van der Waals surface area contributed by atoms with Gasteiger partial charge in [0.15, 0.2) is 0 Å². The minimum absolute atomic E-state index is 0.216. The molecule has 0 atom stereocenters. The van der Waals surface area contributed by atoms with Gasteiger partial charge in [0.1, 0.15) is 5.75 Å². The van der Waals surface area contributed by atoms with Gasteiger partial charge < -0.3 is 20.7 Å². The van der Waals surface area contributed by atoms with Crippen molar-refractivity contribution >= 4 is 23.6 Å². The average Bonchev–Trinajstić information content (AvgIpc) is 2.47. The van der Waals surface area contributed by atoms with Crippen LogP contribution < -0.4 is 10.5 Å². The van der Waals surface area contributed by atoms with Crippen molar-refractivity contribution in [1.29, 1.82) is 0 Å². The largest absolute Gasteiger partial charge is 0.478 e. The topological polar surface area (TPSA) is 127 Å². The van der Waals surface area contributed by atoms with Gasteiger partial charge in [0.2, 0.25) is 0 Å². The van der Waals surface area contributed by atoms with Gasteiger partial charge in [-0.15, -0.1) is 0 Å². The van der Waals surface area contributed by atoms with Crippen LogP contribution in [0, 0.1) is 0 Å². The maximum Gasteiger partial charge on any atom is 0.345 e. The Morgan fingerprint density at radius 2 is 1.45 bits per heavy atom. The first-order valence-corrected chi connectivity index (χ1v) is 6.08. The smallest absolute Gasteiger partial charge is 0.345 e. The van der Waals surface area contributed by atoms with E-state index in [-0.39, 0.29) is 11.3 Å². The van der Waals surface area contributed by atoms with Crippen LogP contribution in [0.1, 0.15) is 31.1 Å². The predicted molar refractivity (Wildman–Crippen MR) is 76.2 cm³/mol. The maximum absolute atomic E-state index is 12.0. The van der Waals surface area contributed by atoms with Crippen LogP contribution in [0.5, 0.6) is 5.75 Å². The van der Waals surface area contributed by atoms with Crippen molar-refractivity contribution in [3.63, 3.8) is 0 Å². The molecular weight excluding hydrogens is 290 g/mol. The number of benzene rings is 2. The normalized spacial score (nSPS) is 10.0. The van der Waals surface area contributed by atoms with Crippen LogP contribution in [0.3, 0.4) is 0 Å². The number of ether oxygens (including phenoxy) is 1. The molecule has 112 valence electrons. The zero-order chi connectivity index (χ0) is 16.3. The monoisotopic (exact) mass is 301 g/mol. The first kappa shape index (κ1) is 15.0. The van der Waals surface area contributed by atoms with Gasteiger partial charge in [-0.2, -0.15) is 0 Å². The highest BCUT2D eigenvalue weighted by molar-refractivity contribution is 6.10. The third-order valence-electron chi connectivity index (χ3n) is 2.86.